The number of amides is 4. The molecule has 0 aromatic heterocycles. The van der Waals surface area contributed by atoms with Gasteiger partial charge in [-0.15, -0.1) is 0 Å². The second-order valence-corrected chi connectivity index (χ2v) is 3.48. The van der Waals surface area contributed by atoms with Crippen LogP contribution in [0.1, 0.15) is 6.92 Å². The molecule has 5 N–H and O–H groups in total. The van der Waals surface area contributed by atoms with Crippen molar-refractivity contribution in [1.82, 2.24) is 9.80 Å². The number of likely N-dealkylation sites (N-methyl/N-ethyl adjacent to an activating group) is 1. The van der Waals surface area contributed by atoms with E-state index in [4.69, 9.17) is 16.6 Å². The molecule has 102 valence electrons. The molecule has 9 nitrogen and oxygen atoms in total. The van der Waals surface area contributed by atoms with Gasteiger partial charge in [0.2, 0.25) is 11.8 Å². The van der Waals surface area contributed by atoms with E-state index in [0.29, 0.717) is 0 Å². The highest BCUT2D eigenvalue weighted by Crippen LogP contribution is 1.99. The van der Waals surface area contributed by atoms with E-state index in [-0.39, 0.29) is 13.1 Å². The Morgan fingerprint density at radius 1 is 0.944 bits per heavy atom. The molecule has 0 saturated carbocycles. The second kappa shape index (κ2) is 7.09. The monoisotopic (exact) mass is 260 g/mol. The van der Waals surface area contributed by atoms with Crippen LogP contribution in [0.3, 0.4) is 0 Å². The smallest absolute Gasteiger partial charge is 0.323 e. The minimum atomic E-state index is -1.29. The molecule has 0 saturated heterocycles. The Morgan fingerprint density at radius 3 is 1.72 bits per heavy atom. The van der Waals surface area contributed by atoms with Gasteiger partial charge in [-0.2, -0.15) is 0 Å². The summed E-state index contributed by atoms with van der Waals surface area (Å²) < 4.78 is 0. The number of aliphatic carboxylic acids is 1. The number of carboxylic acids is 1. The topological polar surface area (TPSA) is 147 Å². The van der Waals surface area contributed by atoms with Gasteiger partial charge < -0.3 is 26.4 Å². The average Bonchev–Trinajstić information content (AvgIpc) is 2.22. The molecular weight excluding hydrogens is 244 g/mol. The van der Waals surface area contributed by atoms with Gasteiger partial charge in [0.05, 0.1) is 0 Å². The van der Waals surface area contributed by atoms with Crippen LogP contribution in [-0.2, 0) is 14.4 Å². The van der Waals surface area contributed by atoms with E-state index in [0.717, 1.165) is 9.80 Å². The number of hydrogen-bond donors (Lipinski definition) is 3. The number of rotatable bonds is 7. The van der Waals surface area contributed by atoms with Crippen LogP contribution in [0.5, 0.6) is 0 Å². The quantitative estimate of drug-likeness (QED) is 0.474. The van der Waals surface area contributed by atoms with Crippen molar-refractivity contribution in [2.24, 2.45) is 11.5 Å². The van der Waals surface area contributed by atoms with Crippen molar-refractivity contribution in [2.45, 2.75) is 6.92 Å². The molecule has 0 heterocycles. The fourth-order valence-electron chi connectivity index (χ4n) is 1.25. The van der Waals surface area contributed by atoms with Crippen molar-refractivity contribution in [1.29, 1.82) is 0 Å². The lowest BCUT2D eigenvalue weighted by molar-refractivity contribution is -0.138. The lowest BCUT2D eigenvalue weighted by atomic mass is 10.4. The van der Waals surface area contributed by atoms with E-state index >= 15 is 0 Å². The van der Waals surface area contributed by atoms with Crippen molar-refractivity contribution in [3.8, 4) is 0 Å². The third kappa shape index (κ3) is 5.68. The van der Waals surface area contributed by atoms with E-state index in [1.165, 1.54) is 0 Å². The molecular formula is C9H16N4O5. The van der Waals surface area contributed by atoms with Crippen molar-refractivity contribution < 1.29 is 24.3 Å². The first-order chi connectivity index (χ1) is 8.27. The molecule has 0 unspecified atom stereocenters. The lowest BCUT2D eigenvalue weighted by Crippen LogP contribution is -2.50. The number of hydrogen-bond acceptors (Lipinski definition) is 4. The standard InChI is InChI=1S/C9H16N4O5/c1-2-12(3-6(10)14)9(18)13(4-7(11)15)5-8(16)17/h2-5H2,1H3,(H2,10,14)(H2,11,15)(H,16,17). The van der Waals surface area contributed by atoms with Crippen molar-refractivity contribution in [2.75, 3.05) is 26.2 Å². The number of carbonyl (C=O) groups is 4. The summed E-state index contributed by atoms with van der Waals surface area (Å²) in [6.07, 6.45) is 0. The maximum Gasteiger partial charge on any atom is 0.323 e. The summed E-state index contributed by atoms with van der Waals surface area (Å²) in [6.45, 7) is 0.155. The van der Waals surface area contributed by atoms with Gasteiger partial charge in [-0.3, -0.25) is 14.4 Å². The zero-order valence-electron chi connectivity index (χ0n) is 9.96. The Bertz CT molecular complexity index is 341. The van der Waals surface area contributed by atoms with Crippen molar-refractivity contribution in [3.05, 3.63) is 0 Å². The molecule has 0 aromatic carbocycles. The van der Waals surface area contributed by atoms with E-state index in [9.17, 15) is 19.2 Å². The molecule has 0 spiro atoms. The normalized spacial score (nSPS) is 9.61. The highest BCUT2D eigenvalue weighted by atomic mass is 16.4. The number of carboxylic acid groups (broad SMARTS) is 1. The number of carbonyl (C=O) groups excluding carboxylic acids is 3. The SMILES string of the molecule is CCN(CC(N)=O)C(=O)N(CC(N)=O)CC(=O)O. The highest BCUT2D eigenvalue weighted by molar-refractivity contribution is 5.88. The first-order valence-electron chi connectivity index (χ1n) is 5.10. The van der Waals surface area contributed by atoms with Crippen LogP contribution in [0, 0.1) is 0 Å². The third-order valence-electron chi connectivity index (χ3n) is 1.94. The maximum atomic E-state index is 11.9. The summed E-state index contributed by atoms with van der Waals surface area (Å²) in [6, 6.07) is -0.780. The number of nitrogens with two attached hydrogens (primary N) is 2. The molecule has 0 aromatic rings. The molecule has 0 fully saturated rings. The van der Waals surface area contributed by atoms with Crippen LogP contribution in [-0.4, -0.2) is 64.9 Å². The molecule has 0 aliphatic rings. The van der Waals surface area contributed by atoms with Crippen molar-refractivity contribution >= 4 is 23.8 Å². The predicted molar refractivity (Wildman–Crippen MR) is 60.2 cm³/mol. The Balaban J connectivity index is 4.84. The first kappa shape index (κ1) is 15.7. The van der Waals surface area contributed by atoms with Gasteiger partial charge in [0, 0.05) is 6.54 Å². The summed E-state index contributed by atoms with van der Waals surface area (Å²) in [4.78, 5) is 45.7. The first-order valence-corrected chi connectivity index (χ1v) is 5.10. The highest BCUT2D eigenvalue weighted by Gasteiger charge is 2.24. The Kier molecular flexibility index (Phi) is 6.18. The van der Waals surface area contributed by atoms with E-state index in [1.807, 2.05) is 0 Å². The Labute approximate surface area is 103 Å². The van der Waals surface area contributed by atoms with Gasteiger partial charge in [-0.1, -0.05) is 0 Å². The molecule has 4 amide bonds. The number of primary amides is 2. The molecule has 18 heavy (non-hydrogen) atoms. The van der Waals surface area contributed by atoms with E-state index < -0.39 is 36.9 Å². The summed E-state index contributed by atoms with van der Waals surface area (Å²) in [5, 5.41) is 8.63. The van der Waals surface area contributed by atoms with Gasteiger partial charge in [0.25, 0.3) is 0 Å². The molecule has 9 heteroatoms. The summed E-state index contributed by atoms with van der Waals surface area (Å²) >= 11 is 0. The van der Waals surface area contributed by atoms with Crippen LogP contribution < -0.4 is 11.5 Å². The predicted octanol–water partition coefficient (Wildman–Crippen LogP) is -2.21. The van der Waals surface area contributed by atoms with Crippen molar-refractivity contribution in [3.63, 3.8) is 0 Å². The molecule has 0 aliphatic carbocycles. The van der Waals surface area contributed by atoms with Gasteiger partial charge >= 0.3 is 12.0 Å². The van der Waals surface area contributed by atoms with Crippen LogP contribution in [0.25, 0.3) is 0 Å². The molecule has 0 radical (unpaired) electrons. The molecule has 0 atom stereocenters. The van der Waals surface area contributed by atoms with Gasteiger partial charge in [-0.25, -0.2) is 4.79 Å². The average molecular weight is 260 g/mol. The zero-order valence-corrected chi connectivity index (χ0v) is 9.96. The van der Waals surface area contributed by atoms with E-state index in [1.54, 1.807) is 6.92 Å². The van der Waals surface area contributed by atoms with Crippen LogP contribution in [0.4, 0.5) is 4.79 Å². The maximum absolute atomic E-state index is 11.9. The zero-order chi connectivity index (χ0) is 14.3. The number of urea groups is 1. The van der Waals surface area contributed by atoms with Gasteiger partial charge in [0.15, 0.2) is 0 Å². The second-order valence-electron chi connectivity index (χ2n) is 3.48. The summed E-state index contributed by atoms with van der Waals surface area (Å²) in [5.41, 5.74) is 9.86. The Hall–Kier alpha value is -2.32. The van der Waals surface area contributed by atoms with Crippen LogP contribution in [0.15, 0.2) is 0 Å². The fraction of sp³-hybridized carbons (Fsp3) is 0.556. The fourth-order valence-corrected chi connectivity index (χ4v) is 1.25. The number of nitrogens with zero attached hydrogens (tertiary/aromatic N) is 2. The Morgan fingerprint density at radius 2 is 1.39 bits per heavy atom. The van der Waals surface area contributed by atoms with E-state index in [2.05, 4.69) is 0 Å². The van der Waals surface area contributed by atoms with Gasteiger partial charge in [-0.05, 0) is 6.92 Å². The summed E-state index contributed by atoms with van der Waals surface area (Å²) in [5.74, 6) is -2.88. The third-order valence-corrected chi connectivity index (χ3v) is 1.94. The van der Waals surface area contributed by atoms with Gasteiger partial charge in [0.1, 0.15) is 19.6 Å². The largest absolute Gasteiger partial charge is 0.480 e. The summed E-state index contributed by atoms with van der Waals surface area (Å²) in [7, 11) is 0. The van der Waals surface area contributed by atoms with Crippen LogP contribution in [0.2, 0.25) is 0 Å². The molecule has 0 aliphatic heterocycles. The minimum Gasteiger partial charge on any atom is -0.480 e. The molecule has 0 bridgehead atoms. The van der Waals surface area contributed by atoms with Crippen LogP contribution >= 0.6 is 0 Å². The lowest BCUT2D eigenvalue weighted by Gasteiger charge is -2.27. The molecule has 0 rings (SSSR count). The minimum absolute atomic E-state index is 0.149.